The van der Waals surface area contributed by atoms with Crippen molar-refractivity contribution in [1.82, 2.24) is 4.90 Å². The maximum absolute atomic E-state index is 12.2. The van der Waals surface area contributed by atoms with Crippen molar-refractivity contribution >= 4 is 23.8 Å². The van der Waals surface area contributed by atoms with Crippen molar-refractivity contribution in [3.63, 3.8) is 0 Å². The van der Waals surface area contributed by atoms with Gasteiger partial charge in [-0.2, -0.15) is 0 Å². The first-order valence-electron chi connectivity index (χ1n) is 7.94. The molecule has 6 heteroatoms. The van der Waals surface area contributed by atoms with Gasteiger partial charge in [0.1, 0.15) is 5.78 Å². The van der Waals surface area contributed by atoms with Crippen LogP contribution in [0.5, 0.6) is 11.5 Å². The Bertz CT molecular complexity index is 719. The molecule has 2 N–H and O–H groups in total. The molecule has 0 spiro atoms. The molecule has 4 rings (SSSR count). The highest BCUT2D eigenvalue weighted by atomic mass is 35.5. The van der Waals surface area contributed by atoms with E-state index in [1.807, 2.05) is 4.90 Å². The van der Waals surface area contributed by atoms with Gasteiger partial charge in [0, 0.05) is 47.5 Å². The third kappa shape index (κ3) is 1.86. The van der Waals surface area contributed by atoms with E-state index in [0.717, 1.165) is 12.0 Å². The maximum Gasteiger partial charge on any atom is 0.209 e. The quantitative estimate of drug-likeness (QED) is 0.609. The first kappa shape index (κ1) is 14.8. The number of phenols is 2. The molecule has 1 aliphatic heterocycles. The van der Waals surface area contributed by atoms with E-state index >= 15 is 0 Å². The Labute approximate surface area is 138 Å². The van der Waals surface area contributed by atoms with E-state index in [0.29, 0.717) is 49.2 Å². The Kier molecular flexibility index (Phi) is 3.14. The minimum absolute atomic E-state index is 0.00305. The average Bonchev–Trinajstić information content (AvgIpc) is 2.51. The molecule has 0 aromatic heterocycles. The predicted molar refractivity (Wildman–Crippen MR) is 83.7 cm³/mol. The van der Waals surface area contributed by atoms with E-state index in [4.69, 9.17) is 11.6 Å². The van der Waals surface area contributed by atoms with Gasteiger partial charge < -0.3 is 15.1 Å². The summed E-state index contributed by atoms with van der Waals surface area (Å²) in [4.78, 5) is 25.5. The fraction of sp³-hybridized carbons (Fsp3) is 0.529. The van der Waals surface area contributed by atoms with Crippen LogP contribution in [0.4, 0.5) is 0 Å². The van der Waals surface area contributed by atoms with Crippen molar-refractivity contribution in [2.45, 2.75) is 43.6 Å². The largest absolute Gasteiger partial charge is 0.504 e. The fourth-order valence-electron chi connectivity index (χ4n) is 5.12. The summed E-state index contributed by atoms with van der Waals surface area (Å²) < 4.78 is 0. The SMILES string of the molecule is O=CN1CCC23CC(=O)CCC2C1Cc1c(Cl)cc(O)c(O)c13. The summed E-state index contributed by atoms with van der Waals surface area (Å²) in [5, 5.41) is 20.9. The van der Waals surface area contributed by atoms with E-state index in [-0.39, 0.29) is 29.2 Å². The van der Waals surface area contributed by atoms with Crippen LogP contribution in [0.25, 0.3) is 0 Å². The number of carbonyl (C=O) groups is 2. The summed E-state index contributed by atoms with van der Waals surface area (Å²) in [6.45, 7) is 0.560. The summed E-state index contributed by atoms with van der Waals surface area (Å²) in [5.74, 6) is -0.0973. The summed E-state index contributed by atoms with van der Waals surface area (Å²) in [5.41, 5.74) is 0.895. The normalized spacial score (nSPS) is 32.2. The lowest BCUT2D eigenvalue weighted by atomic mass is 9.52. The third-order valence-electron chi connectivity index (χ3n) is 6.04. The highest BCUT2D eigenvalue weighted by Gasteiger charge is 2.57. The van der Waals surface area contributed by atoms with Crippen molar-refractivity contribution in [2.75, 3.05) is 6.54 Å². The standard InChI is InChI=1S/C17H18ClNO4/c18-12-6-14(22)16(23)15-10(12)5-13-11-2-1-9(21)7-17(11,15)3-4-19(13)8-20/h6,8,11,13,22-23H,1-5,7H2. The second kappa shape index (κ2) is 4.87. The van der Waals surface area contributed by atoms with Crippen LogP contribution in [-0.2, 0) is 21.4 Å². The second-order valence-electron chi connectivity index (χ2n) is 6.96. The number of amides is 1. The number of phenolic OH excluding ortho intramolecular Hbond substituents is 2. The number of carbonyl (C=O) groups excluding carboxylic acids is 2. The number of nitrogens with zero attached hydrogens (tertiary/aromatic N) is 1. The van der Waals surface area contributed by atoms with E-state index in [1.165, 1.54) is 6.07 Å². The number of aromatic hydroxyl groups is 2. The Hall–Kier alpha value is -1.75. The zero-order valence-corrected chi connectivity index (χ0v) is 13.3. The van der Waals surface area contributed by atoms with Crippen LogP contribution in [-0.4, -0.2) is 39.9 Å². The molecule has 1 saturated heterocycles. The summed E-state index contributed by atoms with van der Waals surface area (Å²) >= 11 is 6.32. The molecule has 0 radical (unpaired) electrons. The van der Waals surface area contributed by atoms with Crippen LogP contribution in [0.3, 0.4) is 0 Å². The topological polar surface area (TPSA) is 77.8 Å². The van der Waals surface area contributed by atoms with Gasteiger partial charge in [-0.15, -0.1) is 0 Å². The lowest BCUT2D eigenvalue weighted by molar-refractivity contribution is -0.132. The molecule has 2 aliphatic carbocycles. The zero-order chi connectivity index (χ0) is 16.4. The van der Waals surface area contributed by atoms with E-state index < -0.39 is 5.41 Å². The molecule has 3 atom stereocenters. The van der Waals surface area contributed by atoms with Gasteiger partial charge in [-0.05, 0) is 30.7 Å². The highest BCUT2D eigenvalue weighted by molar-refractivity contribution is 6.31. The van der Waals surface area contributed by atoms with Crippen molar-refractivity contribution in [3.05, 3.63) is 22.2 Å². The Morgan fingerprint density at radius 1 is 1.39 bits per heavy atom. The van der Waals surface area contributed by atoms with Gasteiger partial charge in [-0.25, -0.2) is 0 Å². The molecule has 1 heterocycles. The van der Waals surface area contributed by atoms with Crippen molar-refractivity contribution in [3.8, 4) is 11.5 Å². The van der Waals surface area contributed by atoms with Crippen LogP contribution < -0.4 is 0 Å². The molecule has 1 aromatic carbocycles. The van der Waals surface area contributed by atoms with Gasteiger partial charge >= 0.3 is 0 Å². The monoisotopic (exact) mass is 335 g/mol. The predicted octanol–water partition coefficient (Wildman–Crippen LogP) is 2.15. The van der Waals surface area contributed by atoms with Crippen molar-refractivity contribution in [1.29, 1.82) is 0 Å². The molecule has 2 bridgehead atoms. The Balaban J connectivity index is 1.99. The minimum Gasteiger partial charge on any atom is -0.504 e. The molecular formula is C17H18ClNO4. The first-order chi connectivity index (χ1) is 11.0. The molecule has 1 aromatic rings. The lowest BCUT2D eigenvalue weighted by Crippen LogP contribution is -2.61. The van der Waals surface area contributed by atoms with Crippen LogP contribution in [0.2, 0.25) is 5.02 Å². The number of ketones is 1. The van der Waals surface area contributed by atoms with E-state index in [2.05, 4.69) is 0 Å². The summed E-state index contributed by atoms with van der Waals surface area (Å²) in [6, 6.07) is 1.35. The number of Topliss-reactive ketones (excluding diaryl/α,β-unsaturated/α-hetero) is 1. The molecule has 1 saturated carbocycles. The van der Waals surface area contributed by atoms with Crippen molar-refractivity contribution < 1.29 is 19.8 Å². The number of rotatable bonds is 1. The molecule has 23 heavy (non-hydrogen) atoms. The highest BCUT2D eigenvalue weighted by Crippen LogP contribution is 2.59. The molecule has 3 aliphatic rings. The van der Waals surface area contributed by atoms with Gasteiger partial charge in [-0.1, -0.05) is 11.6 Å². The summed E-state index contributed by atoms with van der Waals surface area (Å²) in [6.07, 6.45) is 3.62. The van der Waals surface area contributed by atoms with Gasteiger partial charge in [0.05, 0.1) is 0 Å². The number of halogens is 1. The average molecular weight is 336 g/mol. The third-order valence-corrected chi connectivity index (χ3v) is 6.38. The smallest absolute Gasteiger partial charge is 0.209 e. The number of hydrogen-bond donors (Lipinski definition) is 2. The van der Waals surface area contributed by atoms with Crippen LogP contribution in [0.15, 0.2) is 6.07 Å². The lowest BCUT2D eigenvalue weighted by Gasteiger charge is -2.57. The number of piperidine rings is 1. The number of benzene rings is 1. The first-order valence-corrected chi connectivity index (χ1v) is 8.32. The van der Waals surface area contributed by atoms with Gasteiger partial charge in [0.2, 0.25) is 6.41 Å². The van der Waals surface area contributed by atoms with Crippen LogP contribution in [0.1, 0.15) is 36.8 Å². The van der Waals surface area contributed by atoms with E-state index in [9.17, 15) is 19.8 Å². The van der Waals surface area contributed by atoms with Gasteiger partial charge in [0.25, 0.3) is 0 Å². The molecule has 122 valence electrons. The van der Waals surface area contributed by atoms with Crippen LogP contribution >= 0.6 is 11.6 Å². The number of hydrogen-bond acceptors (Lipinski definition) is 4. The number of likely N-dealkylation sites (tertiary alicyclic amines) is 1. The Morgan fingerprint density at radius 3 is 2.91 bits per heavy atom. The fourth-order valence-corrected chi connectivity index (χ4v) is 5.40. The van der Waals surface area contributed by atoms with Crippen molar-refractivity contribution in [2.24, 2.45) is 5.92 Å². The molecular weight excluding hydrogens is 318 g/mol. The molecule has 3 unspecified atom stereocenters. The maximum atomic E-state index is 12.2. The molecule has 5 nitrogen and oxygen atoms in total. The Morgan fingerprint density at radius 2 is 2.17 bits per heavy atom. The minimum atomic E-state index is -0.514. The molecule has 1 amide bonds. The van der Waals surface area contributed by atoms with Crippen LogP contribution in [0, 0.1) is 5.92 Å². The van der Waals surface area contributed by atoms with E-state index in [1.54, 1.807) is 0 Å². The summed E-state index contributed by atoms with van der Waals surface area (Å²) in [7, 11) is 0. The van der Waals surface area contributed by atoms with Gasteiger partial charge in [-0.3, -0.25) is 9.59 Å². The molecule has 2 fully saturated rings. The zero-order valence-electron chi connectivity index (χ0n) is 12.6. The second-order valence-corrected chi connectivity index (χ2v) is 7.37. The number of fused-ring (bicyclic) bond motifs is 1. The van der Waals surface area contributed by atoms with Gasteiger partial charge in [0.15, 0.2) is 11.5 Å².